The fourth-order valence-electron chi connectivity index (χ4n) is 1.39. The zero-order valence-electron chi connectivity index (χ0n) is 12.6. The summed E-state index contributed by atoms with van der Waals surface area (Å²) in [6, 6.07) is 5.56. The molecule has 0 fully saturated rings. The number of benzene rings is 1. The summed E-state index contributed by atoms with van der Waals surface area (Å²) < 4.78 is 34.2. The topological polar surface area (TPSA) is 107 Å². The van der Waals surface area contributed by atoms with Crippen LogP contribution in [0.4, 0.5) is 0 Å². The second-order valence-corrected chi connectivity index (χ2v) is 5.86. The molecule has 6 nitrogen and oxygen atoms in total. The molecule has 0 radical (unpaired) electrons. The summed E-state index contributed by atoms with van der Waals surface area (Å²) >= 11 is 0. The maximum Gasteiger partial charge on any atom is 0.322 e. The SMILES string of the molecule is CCC[C@@H](N)C(=O)OCC.Cc1ccc(S(=O)(=O)O)cc1. The van der Waals surface area contributed by atoms with Crippen LogP contribution in [0, 0.1) is 6.92 Å². The predicted octanol–water partition coefficient (Wildman–Crippen LogP) is 1.92. The summed E-state index contributed by atoms with van der Waals surface area (Å²) in [6.07, 6.45) is 1.62. The molecule has 120 valence electrons. The molecule has 0 aliphatic heterocycles. The van der Waals surface area contributed by atoms with E-state index in [-0.39, 0.29) is 10.9 Å². The van der Waals surface area contributed by atoms with Gasteiger partial charge in [-0.1, -0.05) is 31.0 Å². The smallest absolute Gasteiger partial charge is 0.322 e. The first kappa shape index (κ1) is 19.6. The highest BCUT2D eigenvalue weighted by atomic mass is 32.2. The van der Waals surface area contributed by atoms with Crippen molar-refractivity contribution in [2.45, 2.75) is 44.6 Å². The van der Waals surface area contributed by atoms with E-state index in [1.54, 1.807) is 19.1 Å². The number of nitrogens with two attached hydrogens (primary N) is 1. The lowest BCUT2D eigenvalue weighted by molar-refractivity contribution is -0.144. The quantitative estimate of drug-likeness (QED) is 0.634. The van der Waals surface area contributed by atoms with Gasteiger partial charge < -0.3 is 10.5 Å². The number of carbonyl (C=O) groups is 1. The van der Waals surface area contributed by atoms with Crippen molar-refractivity contribution in [1.29, 1.82) is 0 Å². The molecule has 0 unspecified atom stereocenters. The zero-order chi connectivity index (χ0) is 16.5. The third kappa shape index (κ3) is 8.44. The molecule has 0 bridgehead atoms. The van der Waals surface area contributed by atoms with Crippen LogP contribution >= 0.6 is 0 Å². The lowest BCUT2D eigenvalue weighted by atomic mass is 10.2. The lowest BCUT2D eigenvalue weighted by Gasteiger charge is -2.07. The second kappa shape index (κ2) is 9.49. The maximum atomic E-state index is 10.8. The summed E-state index contributed by atoms with van der Waals surface area (Å²) in [6.45, 7) is 6.01. The molecule has 0 saturated heterocycles. The first-order valence-electron chi connectivity index (χ1n) is 6.68. The van der Waals surface area contributed by atoms with Gasteiger partial charge in [-0.05, 0) is 32.4 Å². The van der Waals surface area contributed by atoms with E-state index in [4.69, 9.17) is 15.0 Å². The number of rotatable bonds is 5. The Morgan fingerprint density at radius 2 is 1.81 bits per heavy atom. The summed E-state index contributed by atoms with van der Waals surface area (Å²) in [4.78, 5) is 10.7. The van der Waals surface area contributed by atoms with Crippen molar-refractivity contribution in [2.75, 3.05) is 6.61 Å². The van der Waals surface area contributed by atoms with E-state index < -0.39 is 16.2 Å². The first-order chi connectivity index (χ1) is 9.72. The minimum Gasteiger partial charge on any atom is -0.465 e. The van der Waals surface area contributed by atoms with E-state index in [1.165, 1.54) is 12.1 Å². The van der Waals surface area contributed by atoms with Crippen LogP contribution in [0.2, 0.25) is 0 Å². The Bertz CT molecular complexity index is 525. The number of esters is 1. The Morgan fingerprint density at radius 3 is 2.19 bits per heavy atom. The molecule has 0 heterocycles. The Labute approximate surface area is 126 Å². The van der Waals surface area contributed by atoms with E-state index in [9.17, 15) is 13.2 Å². The Morgan fingerprint density at radius 1 is 1.29 bits per heavy atom. The van der Waals surface area contributed by atoms with Crippen LogP contribution in [0.25, 0.3) is 0 Å². The van der Waals surface area contributed by atoms with Crippen molar-refractivity contribution >= 4 is 16.1 Å². The fourth-order valence-corrected chi connectivity index (χ4v) is 1.87. The van der Waals surface area contributed by atoms with Crippen LogP contribution in [-0.4, -0.2) is 31.6 Å². The summed E-state index contributed by atoms with van der Waals surface area (Å²) in [5.74, 6) is -0.288. The minimum absolute atomic E-state index is 0.0666. The summed E-state index contributed by atoms with van der Waals surface area (Å²) in [7, 11) is -4.02. The molecule has 0 aliphatic rings. The average molecular weight is 317 g/mol. The number of carbonyl (C=O) groups excluding carboxylic acids is 1. The van der Waals surface area contributed by atoms with Crippen LogP contribution in [-0.2, 0) is 19.6 Å². The summed E-state index contributed by atoms with van der Waals surface area (Å²) in [5.41, 5.74) is 6.40. The Balaban J connectivity index is 0.000000384. The van der Waals surface area contributed by atoms with Crippen molar-refractivity contribution < 1.29 is 22.5 Å². The van der Waals surface area contributed by atoms with Crippen LogP contribution in [0.15, 0.2) is 29.2 Å². The third-order valence-corrected chi connectivity index (χ3v) is 3.38. The first-order valence-corrected chi connectivity index (χ1v) is 8.12. The van der Waals surface area contributed by atoms with Crippen molar-refractivity contribution in [2.24, 2.45) is 5.73 Å². The minimum atomic E-state index is -4.02. The Kier molecular flexibility index (Phi) is 8.84. The molecule has 0 aromatic heterocycles. The summed E-state index contributed by atoms with van der Waals surface area (Å²) in [5, 5.41) is 0. The molecule has 1 aromatic carbocycles. The molecule has 0 saturated carbocycles. The van der Waals surface area contributed by atoms with E-state index in [2.05, 4.69) is 0 Å². The molecule has 1 rings (SSSR count). The molecule has 3 N–H and O–H groups in total. The van der Waals surface area contributed by atoms with Crippen molar-refractivity contribution in [3.63, 3.8) is 0 Å². The zero-order valence-corrected chi connectivity index (χ0v) is 13.4. The number of hydrogen-bond acceptors (Lipinski definition) is 5. The molecular formula is C14H23NO5S. The van der Waals surface area contributed by atoms with Gasteiger partial charge in [-0.25, -0.2) is 0 Å². The van der Waals surface area contributed by atoms with Gasteiger partial charge in [-0.2, -0.15) is 8.42 Å². The van der Waals surface area contributed by atoms with Crippen LogP contribution in [0.3, 0.4) is 0 Å². The molecule has 7 heteroatoms. The predicted molar refractivity (Wildman–Crippen MR) is 80.5 cm³/mol. The van der Waals surface area contributed by atoms with E-state index >= 15 is 0 Å². The number of aryl methyl sites for hydroxylation is 1. The van der Waals surface area contributed by atoms with Gasteiger partial charge in [0.25, 0.3) is 10.1 Å². The largest absolute Gasteiger partial charge is 0.465 e. The highest BCUT2D eigenvalue weighted by Gasteiger charge is 2.11. The van der Waals surface area contributed by atoms with E-state index in [1.807, 2.05) is 13.8 Å². The van der Waals surface area contributed by atoms with Gasteiger partial charge in [0.2, 0.25) is 0 Å². The molecular weight excluding hydrogens is 294 g/mol. The van der Waals surface area contributed by atoms with Crippen LogP contribution in [0.5, 0.6) is 0 Å². The van der Waals surface area contributed by atoms with Crippen molar-refractivity contribution in [1.82, 2.24) is 0 Å². The van der Waals surface area contributed by atoms with Gasteiger partial charge in [0, 0.05) is 0 Å². The second-order valence-electron chi connectivity index (χ2n) is 4.44. The molecule has 0 aliphatic carbocycles. The molecule has 21 heavy (non-hydrogen) atoms. The van der Waals surface area contributed by atoms with Crippen molar-refractivity contribution in [3.8, 4) is 0 Å². The molecule has 1 atom stereocenters. The Hall–Kier alpha value is -1.44. The van der Waals surface area contributed by atoms with Crippen molar-refractivity contribution in [3.05, 3.63) is 29.8 Å². The van der Waals surface area contributed by atoms with Gasteiger partial charge in [0.05, 0.1) is 11.5 Å². The standard InChI is InChI=1S/C7H15NO2.C7H8O3S/c1-3-5-6(8)7(9)10-4-2;1-6-2-4-7(5-3-6)11(8,9)10/h6H,3-5,8H2,1-2H3;2-5H,1H3,(H,8,9,10)/t6-;/m1./s1. The normalized spacial score (nSPS) is 12.0. The van der Waals surface area contributed by atoms with Gasteiger partial charge in [-0.3, -0.25) is 9.35 Å². The average Bonchev–Trinajstić information content (AvgIpc) is 2.39. The highest BCUT2D eigenvalue weighted by molar-refractivity contribution is 7.85. The fraction of sp³-hybridized carbons (Fsp3) is 0.500. The molecule has 1 aromatic rings. The lowest BCUT2D eigenvalue weighted by Crippen LogP contribution is -2.31. The van der Waals surface area contributed by atoms with E-state index in [0.717, 1.165) is 12.0 Å². The van der Waals surface area contributed by atoms with Crippen LogP contribution in [0.1, 0.15) is 32.3 Å². The number of hydrogen-bond donors (Lipinski definition) is 2. The molecule has 0 amide bonds. The number of ether oxygens (including phenoxy) is 1. The maximum absolute atomic E-state index is 10.8. The van der Waals surface area contributed by atoms with Gasteiger partial charge in [0.1, 0.15) is 6.04 Å². The van der Waals surface area contributed by atoms with Crippen LogP contribution < -0.4 is 5.73 Å². The van der Waals surface area contributed by atoms with Gasteiger partial charge in [0.15, 0.2) is 0 Å². The monoisotopic (exact) mass is 317 g/mol. The van der Waals surface area contributed by atoms with Gasteiger partial charge in [-0.15, -0.1) is 0 Å². The molecule has 0 spiro atoms. The van der Waals surface area contributed by atoms with E-state index in [0.29, 0.717) is 13.0 Å². The van der Waals surface area contributed by atoms with Gasteiger partial charge >= 0.3 is 5.97 Å². The highest BCUT2D eigenvalue weighted by Crippen LogP contribution is 2.08. The third-order valence-electron chi connectivity index (χ3n) is 2.51.